The lowest BCUT2D eigenvalue weighted by atomic mass is 10.2. The second kappa shape index (κ2) is 7.98. The Hall–Kier alpha value is -2.44. The van der Waals surface area contributed by atoms with Crippen molar-refractivity contribution in [2.24, 2.45) is 5.92 Å². The largest absolute Gasteiger partial charge is 0.493 e. The third-order valence-corrected chi connectivity index (χ3v) is 2.89. The summed E-state index contributed by atoms with van der Waals surface area (Å²) in [5, 5.41) is 13.9. The molecule has 7 heteroatoms. The molecule has 0 spiro atoms. The SMILES string of the molecule is COc1ccc(CNC(=O)NCC(C)C(=O)O)cc1OC. The van der Waals surface area contributed by atoms with E-state index in [0.717, 1.165) is 5.56 Å². The quantitative estimate of drug-likeness (QED) is 0.703. The van der Waals surface area contributed by atoms with Crippen LogP contribution >= 0.6 is 0 Å². The Labute approximate surface area is 123 Å². The lowest BCUT2D eigenvalue weighted by Crippen LogP contribution is -2.38. The summed E-state index contributed by atoms with van der Waals surface area (Å²) in [4.78, 5) is 22.2. The Morgan fingerprint density at radius 3 is 2.43 bits per heavy atom. The maximum absolute atomic E-state index is 11.5. The van der Waals surface area contributed by atoms with E-state index in [1.807, 2.05) is 6.07 Å². The van der Waals surface area contributed by atoms with Crippen LogP contribution in [0.4, 0.5) is 4.79 Å². The first kappa shape index (κ1) is 16.6. The van der Waals surface area contributed by atoms with Gasteiger partial charge in [0.1, 0.15) is 0 Å². The van der Waals surface area contributed by atoms with E-state index in [-0.39, 0.29) is 6.54 Å². The summed E-state index contributed by atoms with van der Waals surface area (Å²) in [5.41, 5.74) is 0.842. The van der Waals surface area contributed by atoms with Crippen molar-refractivity contribution in [1.82, 2.24) is 10.6 Å². The number of carbonyl (C=O) groups is 2. The standard InChI is InChI=1S/C14H20N2O5/c1-9(13(17)18)7-15-14(19)16-8-10-4-5-11(20-2)12(6-10)21-3/h4-6,9H,7-8H2,1-3H3,(H,17,18)(H2,15,16,19). The summed E-state index contributed by atoms with van der Waals surface area (Å²) in [5.74, 6) is -0.385. The average molecular weight is 296 g/mol. The highest BCUT2D eigenvalue weighted by molar-refractivity contribution is 5.75. The minimum Gasteiger partial charge on any atom is -0.493 e. The Kier molecular flexibility index (Phi) is 6.32. The van der Waals surface area contributed by atoms with E-state index in [1.54, 1.807) is 19.2 Å². The predicted octanol–water partition coefficient (Wildman–Crippen LogP) is 1.22. The number of carbonyl (C=O) groups excluding carboxylic acids is 1. The highest BCUT2D eigenvalue weighted by Crippen LogP contribution is 2.27. The van der Waals surface area contributed by atoms with Gasteiger partial charge in [0.2, 0.25) is 0 Å². The molecule has 0 fully saturated rings. The molecule has 2 amide bonds. The Bertz CT molecular complexity index is 504. The maximum atomic E-state index is 11.5. The lowest BCUT2D eigenvalue weighted by Gasteiger charge is -2.12. The van der Waals surface area contributed by atoms with Gasteiger partial charge < -0.3 is 25.2 Å². The minimum absolute atomic E-state index is 0.0765. The summed E-state index contributed by atoms with van der Waals surface area (Å²) in [6.45, 7) is 1.90. The molecule has 0 heterocycles. The molecular weight excluding hydrogens is 276 g/mol. The molecule has 3 N–H and O–H groups in total. The molecular formula is C14H20N2O5. The van der Waals surface area contributed by atoms with E-state index in [9.17, 15) is 9.59 Å². The van der Waals surface area contributed by atoms with Crippen LogP contribution in [0.15, 0.2) is 18.2 Å². The zero-order valence-electron chi connectivity index (χ0n) is 12.3. The molecule has 1 atom stereocenters. The van der Waals surface area contributed by atoms with Crippen molar-refractivity contribution in [3.05, 3.63) is 23.8 Å². The van der Waals surface area contributed by atoms with Gasteiger partial charge >= 0.3 is 12.0 Å². The Morgan fingerprint density at radius 1 is 1.19 bits per heavy atom. The number of carboxylic acids is 1. The monoisotopic (exact) mass is 296 g/mol. The maximum Gasteiger partial charge on any atom is 0.315 e. The average Bonchev–Trinajstić information content (AvgIpc) is 2.49. The van der Waals surface area contributed by atoms with E-state index in [0.29, 0.717) is 18.0 Å². The third kappa shape index (κ3) is 5.21. The van der Waals surface area contributed by atoms with Gasteiger partial charge in [-0.05, 0) is 17.7 Å². The Morgan fingerprint density at radius 2 is 1.86 bits per heavy atom. The predicted molar refractivity (Wildman–Crippen MR) is 76.6 cm³/mol. The number of nitrogens with one attached hydrogen (secondary N) is 2. The molecule has 0 radical (unpaired) electrons. The van der Waals surface area contributed by atoms with Gasteiger partial charge in [-0.25, -0.2) is 4.79 Å². The fraction of sp³-hybridized carbons (Fsp3) is 0.429. The number of methoxy groups -OCH3 is 2. The summed E-state index contributed by atoms with van der Waals surface area (Å²) in [7, 11) is 3.09. The van der Waals surface area contributed by atoms with Crippen LogP contribution in [-0.4, -0.2) is 37.9 Å². The number of amides is 2. The van der Waals surface area contributed by atoms with Gasteiger partial charge in [0, 0.05) is 13.1 Å². The van der Waals surface area contributed by atoms with E-state index in [4.69, 9.17) is 14.6 Å². The first-order valence-electron chi connectivity index (χ1n) is 6.43. The molecule has 1 unspecified atom stereocenters. The van der Waals surface area contributed by atoms with Crippen molar-refractivity contribution in [3.8, 4) is 11.5 Å². The first-order valence-corrected chi connectivity index (χ1v) is 6.43. The van der Waals surface area contributed by atoms with Crippen LogP contribution in [0.1, 0.15) is 12.5 Å². The van der Waals surface area contributed by atoms with Crippen LogP contribution in [0.2, 0.25) is 0 Å². The third-order valence-electron chi connectivity index (χ3n) is 2.89. The molecule has 1 aromatic carbocycles. The van der Waals surface area contributed by atoms with E-state index in [2.05, 4.69) is 10.6 Å². The second-order valence-electron chi connectivity index (χ2n) is 4.49. The van der Waals surface area contributed by atoms with Crippen LogP contribution in [-0.2, 0) is 11.3 Å². The molecule has 0 saturated carbocycles. The molecule has 1 rings (SSSR count). The molecule has 0 aliphatic rings. The number of hydrogen-bond acceptors (Lipinski definition) is 4. The first-order chi connectivity index (χ1) is 9.97. The van der Waals surface area contributed by atoms with Crippen molar-refractivity contribution in [1.29, 1.82) is 0 Å². The van der Waals surface area contributed by atoms with Gasteiger partial charge in [-0.3, -0.25) is 4.79 Å². The Balaban J connectivity index is 2.48. The molecule has 0 bridgehead atoms. The fourth-order valence-corrected chi connectivity index (χ4v) is 1.57. The lowest BCUT2D eigenvalue weighted by molar-refractivity contribution is -0.140. The van der Waals surface area contributed by atoms with Gasteiger partial charge in [-0.15, -0.1) is 0 Å². The zero-order chi connectivity index (χ0) is 15.8. The minimum atomic E-state index is -0.949. The van der Waals surface area contributed by atoms with Gasteiger partial charge in [0.15, 0.2) is 11.5 Å². The molecule has 21 heavy (non-hydrogen) atoms. The van der Waals surface area contributed by atoms with Crippen molar-refractivity contribution in [2.45, 2.75) is 13.5 Å². The van der Waals surface area contributed by atoms with Gasteiger partial charge in [-0.1, -0.05) is 13.0 Å². The number of ether oxygens (including phenoxy) is 2. The highest BCUT2D eigenvalue weighted by atomic mass is 16.5. The van der Waals surface area contributed by atoms with E-state index < -0.39 is 17.9 Å². The van der Waals surface area contributed by atoms with Crippen molar-refractivity contribution >= 4 is 12.0 Å². The summed E-state index contributed by atoms with van der Waals surface area (Å²) in [6, 6.07) is 4.90. The van der Waals surface area contributed by atoms with Crippen LogP contribution in [0.3, 0.4) is 0 Å². The number of urea groups is 1. The number of aliphatic carboxylic acids is 1. The normalized spacial score (nSPS) is 11.4. The molecule has 0 aromatic heterocycles. The second-order valence-corrected chi connectivity index (χ2v) is 4.49. The van der Waals surface area contributed by atoms with Crippen LogP contribution in [0, 0.1) is 5.92 Å². The summed E-state index contributed by atoms with van der Waals surface area (Å²) >= 11 is 0. The zero-order valence-corrected chi connectivity index (χ0v) is 12.3. The number of hydrogen-bond donors (Lipinski definition) is 3. The smallest absolute Gasteiger partial charge is 0.315 e. The van der Waals surface area contributed by atoms with Gasteiger partial charge in [0.25, 0.3) is 0 Å². The van der Waals surface area contributed by atoms with Crippen LogP contribution in [0.5, 0.6) is 11.5 Å². The number of carboxylic acid groups (broad SMARTS) is 1. The molecule has 1 aromatic rings. The summed E-state index contributed by atoms with van der Waals surface area (Å²) in [6.07, 6.45) is 0. The van der Waals surface area contributed by atoms with Crippen molar-refractivity contribution < 1.29 is 24.2 Å². The number of benzene rings is 1. The van der Waals surface area contributed by atoms with Crippen molar-refractivity contribution in [2.75, 3.05) is 20.8 Å². The van der Waals surface area contributed by atoms with Gasteiger partial charge in [-0.2, -0.15) is 0 Å². The number of rotatable bonds is 7. The molecule has 0 aliphatic carbocycles. The molecule has 7 nitrogen and oxygen atoms in total. The van der Waals surface area contributed by atoms with Crippen LogP contribution < -0.4 is 20.1 Å². The molecule has 0 saturated heterocycles. The fourth-order valence-electron chi connectivity index (χ4n) is 1.57. The summed E-state index contributed by atoms with van der Waals surface area (Å²) < 4.78 is 10.3. The van der Waals surface area contributed by atoms with E-state index >= 15 is 0 Å². The van der Waals surface area contributed by atoms with E-state index in [1.165, 1.54) is 14.0 Å². The van der Waals surface area contributed by atoms with Gasteiger partial charge in [0.05, 0.1) is 20.1 Å². The van der Waals surface area contributed by atoms with Crippen molar-refractivity contribution in [3.63, 3.8) is 0 Å². The van der Waals surface area contributed by atoms with Crippen LogP contribution in [0.25, 0.3) is 0 Å². The highest BCUT2D eigenvalue weighted by Gasteiger charge is 2.12. The topological polar surface area (TPSA) is 96.9 Å². The molecule has 116 valence electrons. The molecule has 0 aliphatic heterocycles.